The molecule has 1 atom stereocenters. The van der Waals surface area contributed by atoms with Crippen LogP contribution in [0.4, 0.5) is 0 Å². The predicted octanol–water partition coefficient (Wildman–Crippen LogP) is 3.02. The maximum absolute atomic E-state index is 10.9. The third kappa shape index (κ3) is 3.27. The van der Waals surface area contributed by atoms with Crippen molar-refractivity contribution in [1.29, 1.82) is 0 Å². The van der Waals surface area contributed by atoms with Crippen molar-refractivity contribution in [3.8, 4) is 0 Å². The van der Waals surface area contributed by atoms with Crippen molar-refractivity contribution >= 4 is 11.0 Å². The summed E-state index contributed by atoms with van der Waals surface area (Å²) in [7, 11) is 1.63. The van der Waals surface area contributed by atoms with Crippen LogP contribution in [-0.4, -0.2) is 34.0 Å². The highest BCUT2D eigenvalue weighted by Crippen LogP contribution is 2.25. The van der Waals surface area contributed by atoms with Crippen molar-refractivity contribution in [3.05, 3.63) is 30.1 Å². The van der Waals surface area contributed by atoms with Crippen LogP contribution in [0.25, 0.3) is 11.0 Å². The lowest BCUT2D eigenvalue weighted by atomic mass is 9.87. The minimum atomic E-state index is -0.887. The maximum Gasteiger partial charge on any atom is 0.112 e. The number of ether oxygens (including phenoxy) is 1. The molecule has 116 valence electrons. The van der Waals surface area contributed by atoms with Gasteiger partial charge in [-0.15, -0.1) is 0 Å². The third-order valence-electron chi connectivity index (χ3n) is 4.11. The fraction of sp³-hybridized carbons (Fsp3) is 0.588. The van der Waals surface area contributed by atoms with E-state index in [0.717, 1.165) is 29.8 Å². The van der Waals surface area contributed by atoms with Crippen molar-refractivity contribution in [2.45, 2.75) is 45.8 Å². The van der Waals surface area contributed by atoms with E-state index in [4.69, 9.17) is 9.72 Å². The Morgan fingerprint density at radius 2 is 2.05 bits per heavy atom. The molecular formula is C17H26N2O2. The number of methoxy groups -OCH3 is 1. The van der Waals surface area contributed by atoms with Crippen molar-refractivity contribution in [3.63, 3.8) is 0 Å². The van der Waals surface area contributed by atoms with Gasteiger partial charge in [0.05, 0.1) is 23.2 Å². The average Bonchev–Trinajstić information content (AvgIpc) is 2.77. The number of benzene rings is 1. The first kappa shape index (κ1) is 16.0. The van der Waals surface area contributed by atoms with Crippen LogP contribution in [0.2, 0.25) is 0 Å². The van der Waals surface area contributed by atoms with Crippen molar-refractivity contribution in [2.24, 2.45) is 5.92 Å². The largest absolute Gasteiger partial charge is 0.387 e. The molecule has 1 aromatic heterocycles. The van der Waals surface area contributed by atoms with Gasteiger partial charge >= 0.3 is 0 Å². The molecule has 0 fully saturated rings. The van der Waals surface area contributed by atoms with Gasteiger partial charge < -0.3 is 14.4 Å². The van der Waals surface area contributed by atoms with Crippen molar-refractivity contribution in [2.75, 3.05) is 13.7 Å². The molecule has 2 aromatic rings. The zero-order valence-electron chi connectivity index (χ0n) is 13.5. The van der Waals surface area contributed by atoms with Gasteiger partial charge in [-0.2, -0.15) is 0 Å². The number of aromatic nitrogens is 2. The molecule has 1 N–H and O–H groups in total. The number of fused-ring (bicyclic) bond motifs is 1. The fourth-order valence-electron chi connectivity index (χ4n) is 2.68. The molecule has 0 aliphatic rings. The first-order valence-electron chi connectivity index (χ1n) is 7.67. The standard InChI is InChI=1S/C17H26N2O2/c1-5-10-19-15-9-7-6-8-14(15)18-16(19)11-17(20,12-21-4)13(2)3/h6-9,13,20H,5,10-12H2,1-4H3. The smallest absolute Gasteiger partial charge is 0.112 e. The molecule has 0 spiro atoms. The molecule has 21 heavy (non-hydrogen) atoms. The molecule has 0 aliphatic carbocycles. The van der Waals surface area contributed by atoms with Crippen LogP contribution in [0, 0.1) is 5.92 Å². The summed E-state index contributed by atoms with van der Waals surface area (Å²) in [5, 5.41) is 10.9. The van der Waals surface area contributed by atoms with Crippen LogP contribution in [0.1, 0.15) is 33.0 Å². The topological polar surface area (TPSA) is 47.3 Å². The summed E-state index contributed by atoms with van der Waals surface area (Å²) in [6.45, 7) is 7.43. The second-order valence-electron chi connectivity index (χ2n) is 6.04. The third-order valence-corrected chi connectivity index (χ3v) is 4.11. The Kier molecular flexibility index (Phi) is 5.01. The Balaban J connectivity index is 2.42. The molecular weight excluding hydrogens is 264 g/mol. The summed E-state index contributed by atoms with van der Waals surface area (Å²) in [6.07, 6.45) is 1.55. The normalized spacial score (nSPS) is 14.8. The molecule has 0 bridgehead atoms. The SMILES string of the molecule is CCCn1c(CC(O)(COC)C(C)C)nc2ccccc21. The number of imidazole rings is 1. The number of para-hydroxylation sites is 2. The van der Waals surface area contributed by atoms with Crippen LogP contribution in [0.15, 0.2) is 24.3 Å². The first-order valence-corrected chi connectivity index (χ1v) is 7.67. The highest BCUT2D eigenvalue weighted by molar-refractivity contribution is 5.75. The molecule has 0 saturated carbocycles. The van der Waals surface area contributed by atoms with E-state index in [1.54, 1.807) is 7.11 Å². The summed E-state index contributed by atoms with van der Waals surface area (Å²) in [6, 6.07) is 8.14. The summed E-state index contributed by atoms with van der Waals surface area (Å²) in [5.41, 5.74) is 1.24. The van der Waals surface area contributed by atoms with Gasteiger partial charge in [-0.05, 0) is 24.5 Å². The second-order valence-corrected chi connectivity index (χ2v) is 6.04. The quantitative estimate of drug-likeness (QED) is 0.852. The molecule has 1 unspecified atom stereocenters. The monoisotopic (exact) mass is 290 g/mol. The van der Waals surface area contributed by atoms with E-state index in [1.165, 1.54) is 0 Å². The first-order chi connectivity index (χ1) is 10.0. The lowest BCUT2D eigenvalue weighted by molar-refractivity contribution is -0.0653. The summed E-state index contributed by atoms with van der Waals surface area (Å²) >= 11 is 0. The zero-order valence-corrected chi connectivity index (χ0v) is 13.5. The van der Waals surface area contributed by atoms with Gasteiger partial charge in [-0.3, -0.25) is 0 Å². The highest BCUT2D eigenvalue weighted by atomic mass is 16.5. The molecule has 1 heterocycles. The number of hydrogen-bond donors (Lipinski definition) is 1. The van der Waals surface area contributed by atoms with Gasteiger partial charge in [0, 0.05) is 20.1 Å². The zero-order chi connectivity index (χ0) is 15.5. The maximum atomic E-state index is 10.9. The van der Waals surface area contributed by atoms with Crippen LogP contribution in [-0.2, 0) is 17.7 Å². The van der Waals surface area contributed by atoms with Crippen LogP contribution < -0.4 is 0 Å². The molecule has 4 nitrogen and oxygen atoms in total. The van der Waals surface area contributed by atoms with Gasteiger partial charge in [0.2, 0.25) is 0 Å². The number of rotatable bonds is 7. The minimum absolute atomic E-state index is 0.104. The Hall–Kier alpha value is -1.39. The summed E-state index contributed by atoms with van der Waals surface area (Å²) < 4.78 is 7.45. The second kappa shape index (κ2) is 6.58. The van der Waals surface area contributed by atoms with Crippen LogP contribution in [0.3, 0.4) is 0 Å². The Labute approximate surface area is 126 Å². The van der Waals surface area contributed by atoms with Gasteiger partial charge in [-0.1, -0.05) is 32.9 Å². The molecule has 0 amide bonds. The number of nitrogens with zero attached hydrogens (tertiary/aromatic N) is 2. The Bertz CT molecular complexity index is 591. The van der Waals surface area contributed by atoms with E-state index in [1.807, 2.05) is 32.0 Å². The average molecular weight is 290 g/mol. The van der Waals surface area contributed by atoms with E-state index < -0.39 is 5.60 Å². The van der Waals surface area contributed by atoms with Gasteiger partial charge in [0.15, 0.2) is 0 Å². The van der Waals surface area contributed by atoms with Crippen LogP contribution >= 0.6 is 0 Å². The van der Waals surface area contributed by atoms with E-state index in [0.29, 0.717) is 13.0 Å². The van der Waals surface area contributed by atoms with E-state index in [9.17, 15) is 5.11 Å². The van der Waals surface area contributed by atoms with Crippen molar-refractivity contribution in [1.82, 2.24) is 9.55 Å². The molecule has 1 aromatic carbocycles. The lowest BCUT2D eigenvalue weighted by Crippen LogP contribution is -2.42. The Morgan fingerprint density at radius 1 is 1.33 bits per heavy atom. The predicted molar refractivity (Wildman–Crippen MR) is 85.4 cm³/mol. The number of aryl methyl sites for hydroxylation is 1. The van der Waals surface area contributed by atoms with E-state index in [-0.39, 0.29) is 5.92 Å². The van der Waals surface area contributed by atoms with E-state index >= 15 is 0 Å². The lowest BCUT2D eigenvalue weighted by Gasteiger charge is -2.31. The summed E-state index contributed by atoms with van der Waals surface area (Å²) in [5.74, 6) is 1.04. The molecule has 0 radical (unpaired) electrons. The number of aliphatic hydroxyl groups is 1. The number of hydrogen-bond acceptors (Lipinski definition) is 3. The fourth-order valence-corrected chi connectivity index (χ4v) is 2.68. The molecule has 0 saturated heterocycles. The van der Waals surface area contributed by atoms with Gasteiger partial charge in [-0.25, -0.2) is 4.98 Å². The summed E-state index contributed by atoms with van der Waals surface area (Å²) in [4.78, 5) is 4.73. The van der Waals surface area contributed by atoms with E-state index in [2.05, 4.69) is 17.6 Å². The minimum Gasteiger partial charge on any atom is -0.387 e. The molecule has 0 aliphatic heterocycles. The highest BCUT2D eigenvalue weighted by Gasteiger charge is 2.33. The molecule has 2 rings (SSSR count). The van der Waals surface area contributed by atoms with Crippen molar-refractivity contribution < 1.29 is 9.84 Å². The van der Waals surface area contributed by atoms with Gasteiger partial charge in [0.1, 0.15) is 5.82 Å². The van der Waals surface area contributed by atoms with Crippen LogP contribution in [0.5, 0.6) is 0 Å². The van der Waals surface area contributed by atoms with Gasteiger partial charge in [0.25, 0.3) is 0 Å². The molecule has 4 heteroatoms. The Morgan fingerprint density at radius 3 is 2.67 bits per heavy atom.